The van der Waals surface area contributed by atoms with E-state index in [9.17, 15) is 4.79 Å². The molecule has 0 spiro atoms. The van der Waals surface area contributed by atoms with Gasteiger partial charge in [-0.2, -0.15) is 0 Å². The maximum absolute atomic E-state index is 10.9. The normalized spacial score (nSPS) is 15.6. The Kier molecular flexibility index (Phi) is 5.59. The number of fused-ring (bicyclic) bond motifs is 1. The predicted octanol–water partition coefficient (Wildman–Crippen LogP) is 4.35. The third-order valence-corrected chi connectivity index (χ3v) is 4.58. The van der Waals surface area contributed by atoms with Crippen molar-refractivity contribution in [3.05, 3.63) is 59.2 Å². The van der Waals surface area contributed by atoms with E-state index < -0.39 is 5.97 Å². The summed E-state index contributed by atoms with van der Waals surface area (Å²) in [5, 5.41) is 8.98. The molecule has 0 fully saturated rings. The summed E-state index contributed by atoms with van der Waals surface area (Å²) in [6.07, 6.45) is 2.87. The van der Waals surface area contributed by atoms with Gasteiger partial charge in [0.05, 0.1) is 19.6 Å². The van der Waals surface area contributed by atoms with E-state index in [1.165, 1.54) is 11.1 Å². The summed E-state index contributed by atoms with van der Waals surface area (Å²) in [6.45, 7) is 3.27. The smallest absolute Gasteiger partial charge is 0.303 e. The molecule has 0 saturated heterocycles. The summed E-state index contributed by atoms with van der Waals surface area (Å²) < 4.78 is 11.5. The largest absolute Gasteiger partial charge is 0.493 e. The number of carboxylic acids is 1. The van der Waals surface area contributed by atoms with Gasteiger partial charge in [-0.15, -0.1) is 0 Å². The summed E-state index contributed by atoms with van der Waals surface area (Å²) in [7, 11) is 0. The van der Waals surface area contributed by atoms with Gasteiger partial charge in [-0.1, -0.05) is 23.8 Å². The lowest BCUT2D eigenvalue weighted by Crippen LogP contribution is -2.05. The molecule has 0 aliphatic heterocycles. The van der Waals surface area contributed by atoms with E-state index in [-0.39, 0.29) is 12.3 Å². The van der Waals surface area contributed by atoms with Crippen LogP contribution in [0.2, 0.25) is 0 Å². The molecule has 1 aliphatic carbocycles. The molecule has 0 unspecified atom stereocenters. The van der Waals surface area contributed by atoms with Gasteiger partial charge in [-0.3, -0.25) is 4.79 Å². The van der Waals surface area contributed by atoms with E-state index in [1.807, 2.05) is 36.4 Å². The fraction of sp³-hybridized carbons (Fsp3) is 0.381. The molecular formula is C21H24O4. The van der Waals surface area contributed by atoms with Gasteiger partial charge in [0, 0.05) is 6.42 Å². The van der Waals surface area contributed by atoms with E-state index in [0.29, 0.717) is 13.2 Å². The van der Waals surface area contributed by atoms with E-state index in [2.05, 4.69) is 13.0 Å². The first-order valence-electron chi connectivity index (χ1n) is 8.79. The average molecular weight is 340 g/mol. The molecule has 25 heavy (non-hydrogen) atoms. The van der Waals surface area contributed by atoms with Crippen molar-refractivity contribution in [1.29, 1.82) is 0 Å². The van der Waals surface area contributed by atoms with E-state index in [1.54, 1.807) is 0 Å². The second-order valence-electron chi connectivity index (χ2n) is 6.56. The Labute approximate surface area is 148 Å². The maximum atomic E-state index is 10.9. The highest BCUT2D eigenvalue weighted by atomic mass is 16.5. The van der Waals surface area contributed by atoms with Crippen LogP contribution >= 0.6 is 0 Å². The molecule has 0 bridgehead atoms. The lowest BCUT2D eigenvalue weighted by atomic mass is 9.98. The molecule has 2 aromatic carbocycles. The van der Waals surface area contributed by atoms with Gasteiger partial charge in [0.2, 0.25) is 0 Å². The van der Waals surface area contributed by atoms with Crippen LogP contribution in [0.5, 0.6) is 11.5 Å². The van der Waals surface area contributed by atoms with Crippen LogP contribution in [-0.2, 0) is 11.2 Å². The van der Waals surface area contributed by atoms with Crippen molar-refractivity contribution in [2.45, 2.75) is 38.5 Å². The van der Waals surface area contributed by atoms with Gasteiger partial charge in [0.1, 0.15) is 11.5 Å². The molecule has 3 rings (SSSR count). The predicted molar refractivity (Wildman–Crippen MR) is 96.5 cm³/mol. The Morgan fingerprint density at radius 3 is 2.48 bits per heavy atom. The van der Waals surface area contributed by atoms with Crippen LogP contribution < -0.4 is 9.47 Å². The summed E-state index contributed by atoms with van der Waals surface area (Å²) in [5.74, 6) is 1.15. The number of rotatable bonds is 8. The molecule has 0 radical (unpaired) electrons. The van der Waals surface area contributed by atoms with Crippen molar-refractivity contribution in [2.75, 3.05) is 13.2 Å². The maximum Gasteiger partial charge on any atom is 0.303 e. The van der Waals surface area contributed by atoms with Gasteiger partial charge in [0.15, 0.2) is 0 Å². The van der Waals surface area contributed by atoms with Crippen LogP contribution in [0.15, 0.2) is 42.5 Å². The minimum absolute atomic E-state index is 0.143. The van der Waals surface area contributed by atoms with Gasteiger partial charge < -0.3 is 14.6 Å². The van der Waals surface area contributed by atoms with Gasteiger partial charge in [-0.05, 0) is 61.1 Å². The first-order valence-corrected chi connectivity index (χ1v) is 8.79. The number of benzene rings is 2. The average Bonchev–Trinajstić information content (AvgIpc) is 2.98. The van der Waals surface area contributed by atoms with Crippen molar-refractivity contribution in [3.63, 3.8) is 0 Å². The molecule has 1 atom stereocenters. The van der Waals surface area contributed by atoms with Crippen molar-refractivity contribution >= 4 is 5.97 Å². The Morgan fingerprint density at radius 1 is 1.08 bits per heavy atom. The van der Waals surface area contributed by atoms with Crippen LogP contribution in [0.25, 0.3) is 0 Å². The topological polar surface area (TPSA) is 55.8 Å². The fourth-order valence-electron chi connectivity index (χ4n) is 3.27. The molecule has 132 valence electrons. The number of hydrogen-bond donors (Lipinski definition) is 1. The lowest BCUT2D eigenvalue weighted by Gasteiger charge is -2.11. The number of carboxylic acid groups (broad SMARTS) is 1. The molecule has 1 N–H and O–H groups in total. The Bertz CT molecular complexity index is 721. The third-order valence-electron chi connectivity index (χ3n) is 4.58. The highest BCUT2D eigenvalue weighted by Crippen LogP contribution is 2.37. The summed E-state index contributed by atoms with van der Waals surface area (Å²) >= 11 is 0. The zero-order valence-corrected chi connectivity index (χ0v) is 14.5. The summed E-state index contributed by atoms with van der Waals surface area (Å²) in [5.41, 5.74) is 3.61. The van der Waals surface area contributed by atoms with Crippen LogP contribution in [0, 0.1) is 6.92 Å². The van der Waals surface area contributed by atoms with Crippen LogP contribution in [0.3, 0.4) is 0 Å². The zero-order chi connectivity index (χ0) is 17.6. The van der Waals surface area contributed by atoms with Crippen molar-refractivity contribution in [1.82, 2.24) is 0 Å². The molecular weight excluding hydrogens is 316 g/mol. The summed E-state index contributed by atoms with van der Waals surface area (Å²) in [6, 6.07) is 14.0. The lowest BCUT2D eigenvalue weighted by molar-refractivity contribution is -0.137. The second kappa shape index (κ2) is 8.06. The molecule has 1 aliphatic rings. The SMILES string of the molecule is Cc1ccc(OCCCOc2ccc3c(c2)CC[C@H]3CC(=O)O)cc1. The second-order valence-corrected chi connectivity index (χ2v) is 6.56. The molecule has 2 aromatic rings. The third kappa shape index (κ3) is 4.75. The number of carbonyl (C=O) groups is 1. The van der Waals surface area contributed by atoms with Gasteiger partial charge in [-0.25, -0.2) is 0 Å². The Hall–Kier alpha value is -2.49. The molecule has 0 heterocycles. The molecule has 4 heteroatoms. The van der Waals surface area contributed by atoms with Gasteiger partial charge in [0.25, 0.3) is 0 Å². The molecule has 0 amide bonds. The Morgan fingerprint density at radius 2 is 1.76 bits per heavy atom. The first kappa shape index (κ1) is 17.3. The number of ether oxygens (including phenoxy) is 2. The van der Waals surface area contributed by atoms with Gasteiger partial charge >= 0.3 is 5.97 Å². The van der Waals surface area contributed by atoms with Crippen LogP contribution in [0.1, 0.15) is 41.9 Å². The van der Waals surface area contributed by atoms with Crippen molar-refractivity contribution in [3.8, 4) is 11.5 Å². The van der Waals surface area contributed by atoms with Crippen molar-refractivity contribution < 1.29 is 19.4 Å². The number of hydrogen-bond acceptors (Lipinski definition) is 3. The minimum Gasteiger partial charge on any atom is -0.493 e. The molecule has 0 saturated carbocycles. The van der Waals surface area contributed by atoms with E-state index in [4.69, 9.17) is 14.6 Å². The molecule has 0 aromatic heterocycles. The van der Waals surface area contributed by atoms with Crippen molar-refractivity contribution in [2.24, 2.45) is 0 Å². The highest BCUT2D eigenvalue weighted by molar-refractivity contribution is 5.68. The standard InChI is InChI=1S/C21H24O4/c1-15-3-7-18(8-4-15)24-11-2-12-25-19-9-10-20-16(13-19)5-6-17(20)14-21(22)23/h3-4,7-10,13,17H,2,5-6,11-12,14H2,1H3,(H,22,23)/t17-/m0/s1. The minimum atomic E-state index is -0.730. The zero-order valence-electron chi connectivity index (χ0n) is 14.5. The number of aliphatic carboxylic acids is 1. The fourth-order valence-corrected chi connectivity index (χ4v) is 3.27. The van der Waals surface area contributed by atoms with Crippen LogP contribution in [0.4, 0.5) is 0 Å². The molecule has 4 nitrogen and oxygen atoms in total. The monoisotopic (exact) mass is 340 g/mol. The Balaban J connectivity index is 1.43. The van der Waals surface area contributed by atoms with E-state index >= 15 is 0 Å². The van der Waals surface area contributed by atoms with E-state index in [0.717, 1.165) is 36.3 Å². The first-order chi connectivity index (χ1) is 12.1. The van der Waals surface area contributed by atoms with Crippen LogP contribution in [-0.4, -0.2) is 24.3 Å². The number of aryl methyl sites for hydroxylation is 2. The highest BCUT2D eigenvalue weighted by Gasteiger charge is 2.24. The summed E-state index contributed by atoms with van der Waals surface area (Å²) in [4.78, 5) is 10.9. The quantitative estimate of drug-likeness (QED) is 0.726.